The number of hydrogen-bond acceptors (Lipinski definition) is 3. The molecule has 0 aliphatic carbocycles. The van der Waals surface area contributed by atoms with Crippen LogP contribution >= 0.6 is 0 Å². The molecule has 1 unspecified atom stereocenters. The van der Waals surface area contributed by atoms with Crippen LogP contribution < -0.4 is 14.8 Å². The van der Waals surface area contributed by atoms with E-state index in [0.717, 1.165) is 35.5 Å². The number of para-hydroxylation sites is 1. The molecule has 2 aromatic rings. The molecule has 3 nitrogen and oxygen atoms in total. The molecular formula is C20H22FNO2. The first kappa shape index (κ1) is 15.5. The topological polar surface area (TPSA) is 30.5 Å². The molecule has 0 fully saturated rings. The molecule has 0 amide bonds. The van der Waals surface area contributed by atoms with Gasteiger partial charge in [0.1, 0.15) is 22.9 Å². The van der Waals surface area contributed by atoms with Gasteiger partial charge in [-0.25, -0.2) is 4.39 Å². The normalized spacial score (nSPS) is 20.7. The maximum Gasteiger partial charge on any atom is 0.127 e. The van der Waals surface area contributed by atoms with E-state index in [2.05, 4.69) is 37.4 Å². The minimum Gasteiger partial charge on any atom is -0.493 e. The highest BCUT2D eigenvalue weighted by atomic mass is 19.1. The van der Waals surface area contributed by atoms with Crippen molar-refractivity contribution in [1.29, 1.82) is 0 Å². The Morgan fingerprint density at radius 1 is 1.25 bits per heavy atom. The minimum absolute atomic E-state index is 0.0923. The molecule has 0 saturated carbocycles. The Morgan fingerprint density at radius 3 is 3.00 bits per heavy atom. The van der Waals surface area contributed by atoms with Crippen LogP contribution in [0.25, 0.3) is 0 Å². The summed E-state index contributed by atoms with van der Waals surface area (Å²) in [5.74, 6) is 1.55. The van der Waals surface area contributed by atoms with E-state index in [1.807, 2.05) is 0 Å². The van der Waals surface area contributed by atoms with Crippen LogP contribution in [0.1, 0.15) is 43.0 Å². The first-order valence-corrected chi connectivity index (χ1v) is 8.47. The molecule has 0 bridgehead atoms. The lowest BCUT2D eigenvalue weighted by molar-refractivity contribution is 0.137. The summed E-state index contributed by atoms with van der Waals surface area (Å²) in [4.78, 5) is 0. The monoisotopic (exact) mass is 327 g/mol. The molecule has 1 atom stereocenters. The van der Waals surface area contributed by atoms with Gasteiger partial charge in [0.15, 0.2) is 0 Å². The van der Waals surface area contributed by atoms with Crippen molar-refractivity contribution in [3.63, 3.8) is 0 Å². The Bertz CT molecular complexity index is 772. The van der Waals surface area contributed by atoms with E-state index in [-0.39, 0.29) is 17.5 Å². The number of ether oxygens (including phenoxy) is 2. The van der Waals surface area contributed by atoms with E-state index in [1.165, 1.54) is 11.6 Å². The number of halogens is 1. The van der Waals surface area contributed by atoms with Crippen LogP contribution in [0, 0.1) is 5.82 Å². The fourth-order valence-corrected chi connectivity index (χ4v) is 3.63. The standard InChI is InChI=1S/C20H22FNO2/c1-20(2)11-13-4-3-5-14(19(13)24-20)12-22-17-8-9-23-18-7-6-15(21)10-16(17)18/h3-7,10,17,22H,8-9,11-12H2,1-2H3. The summed E-state index contributed by atoms with van der Waals surface area (Å²) in [5, 5.41) is 3.55. The second-order valence-corrected chi connectivity index (χ2v) is 7.20. The molecule has 2 heterocycles. The highest BCUT2D eigenvalue weighted by Crippen LogP contribution is 2.38. The van der Waals surface area contributed by atoms with E-state index in [9.17, 15) is 4.39 Å². The Hall–Kier alpha value is -2.07. The number of fused-ring (bicyclic) bond motifs is 2. The van der Waals surface area contributed by atoms with Crippen molar-refractivity contribution in [2.45, 2.75) is 44.9 Å². The average Bonchev–Trinajstić information content (AvgIpc) is 2.87. The van der Waals surface area contributed by atoms with Gasteiger partial charge in [0.25, 0.3) is 0 Å². The summed E-state index contributed by atoms with van der Waals surface area (Å²) < 4.78 is 25.4. The second kappa shape index (κ2) is 5.78. The number of nitrogens with one attached hydrogen (secondary N) is 1. The molecule has 2 aliphatic rings. The van der Waals surface area contributed by atoms with Gasteiger partial charge in [-0.3, -0.25) is 0 Å². The Balaban J connectivity index is 1.54. The zero-order valence-electron chi connectivity index (χ0n) is 14.1. The van der Waals surface area contributed by atoms with E-state index >= 15 is 0 Å². The van der Waals surface area contributed by atoms with Crippen molar-refractivity contribution in [1.82, 2.24) is 5.32 Å². The van der Waals surface area contributed by atoms with Crippen molar-refractivity contribution in [2.24, 2.45) is 0 Å². The summed E-state index contributed by atoms with van der Waals surface area (Å²) in [6, 6.07) is 11.1. The van der Waals surface area contributed by atoms with Crippen molar-refractivity contribution in [3.8, 4) is 11.5 Å². The molecular weight excluding hydrogens is 305 g/mol. The predicted octanol–water partition coefficient (Wildman–Crippen LogP) is 4.15. The van der Waals surface area contributed by atoms with E-state index < -0.39 is 0 Å². The molecule has 126 valence electrons. The lowest BCUT2D eigenvalue weighted by Crippen LogP contribution is -2.27. The summed E-state index contributed by atoms with van der Waals surface area (Å²) in [5.41, 5.74) is 3.17. The number of rotatable bonds is 3. The highest BCUT2D eigenvalue weighted by Gasteiger charge is 2.31. The van der Waals surface area contributed by atoms with Crippen molar-refractivity contribution >= 4 is 0 Å². The largest absolute Gasteiger partial charge is 0.493 e. The van der Waals surface area contributed by atoms with Gasteiger partial charge in [-0.2, -0.15) is 0 Å². The van der Waals surface area contributed by atoms with Crippen LogP contribution in [-0.2, 0) is 13.0 Å². The lowest BCUT2D eigenvalue weighted by Gasteiger charge is -2.27. The summed E-state index contributed by atoms with van der Waals surface area (Å²) in [6.45, 7) is 5.57. The van der Waals surface area contributed by atoms with Gasteiger partial charge >= 0.3 is 0 Å². The van der Waals surface area contributed by atoms with Crippen LogP contribution in [0.4, 0.5) is 4.39 Å². The van der Waals surface area contributed by atoms with Gasteiger partial charge in [0.2, 0.25) is 0 Å². The molecule has 0 saturated heterocycles. The van der Waals surface area contributed by atoms with Gasteiger partial charge in [0.05, 0.1) is 6.61 Å². The van der Waals surface area contributed by atoms with Gasteiger partial charge in [-0.15, -0.1) is 0 Å². The van der Waals surface area contributed by atoms with E-state index in [0.29, 0.717) is 13.2 Å². The van der Waals surface area contributed by atoms with Crippen molar-refractivity contribution < 1.29 is 13.9 Å². The third-order valence-corrected chi connectivity index (χ3v) is 4.72. The van der Waals surface area contributed by atoms with Gasteiger partial charge in [-0.1, -0.05) is 18.2 Å². The minimum atomic E-state index is -0.225. The number of benzene rings is 2. The zero-order chi connectivity index (χ0) is 16.7. The molecule has 1 N–H and O–H groups in total. The SMILES string of the molecule is CC1(C)Cc2cccc(CNC3CCOc4ccc(F)cc43)c2O1. The molecule has 24 heavy (non-hydrogen) atoms. The van der Waals surface area contributed by atoms with E-state index in [4.69, 9.17) is 9.47 Å². The fourth-order valence-electron chi connectivity index (χ4n) is 3.63. The Kier molecular flexibility index (Phi) is 3.72. The molecule has 4 rings (SSSR count). The third kappa shape index (κ3) is 2.86. The Morgan fingerprint density at radius 2 is 2.12 bits per heavy atom. The highest BCUT2D eigenvalue weighted by molar-refractivity contribution is 5.46. The van der Waals surface area contributed by atoms with Crippen LogP contribution in [0.5, 0.6) is 11.5 Å². The van der Waals surface area contributed by atoms with Crippen LogP contribution in [0.3, 0.4) is 0 Å². The summed E-state index contributed by atoms with van der Waals surface area (Å²) >= 11 is 0. The molecule has 2 aliphatic heterocycles. The van der Waals surface area contributed by atoms with Crippen molar-refractivity contribution in [2.75, 3.05) is 6.61 Å². The maximum atomic E-state index is 13.6. The first-order chi connectivity index (χ1) is 11.5. The average molecular weight is 327 g/mol. The smallest absolute Gasteiger partial charge is 0.127 e. The lowest BCUT2D eigenvalue weighted by atomic mass is 9.99. The Labute approximate surface area is 141 Å². The van der Waals surface area contributed by atoms with Crippen LogP contribution in [0.2, 0.25) is 0 Å². The summed E-state index contributed by atoms with van der Waals surface area (Å²) in [7, 11) is 0. The number of hydrogen-bond donors (Lipinski definition) is 1. The predicted molar refractivity (Wildman–Crippen MR) is 90.9 cm³/mol. The maximum absolute atomic E-state index is 13.6. The first-order valence-electron chi connectivity index (χ1n) is 8.47. The zero-order valence-corrected chi connectivity index (χ0v) is 14.1. The van der Waals surface area contributed by atoms with Crippen molar-refractivity contribution in [3.05, 3.63) is 58.9 Å². The molecule has 0 radical (unpaired) electrons. The van der Waals surface area contributed by atoms with Gasteiger partial charge in [-0.05, 0) is 37.6 Å². The molecule has 2 aromatic carbocycles. The summed E-state index contributed by atoms with van der Waals surface area (Å²) in [6.07, 6.45) is 1.76. The third-order valence-electron chi connectivity index (χ3n) is 4.72. The van der Waals surface area contributed by atoms with E-state index in [1.54, 1.807) is 12.1 Å². The van der Waals surface area contributed by atoms with Gasteiger partial charge < -0.3 is 14.8 Å². The molecule has 0 spiro atoms. The quantitative estimate of drug-likeness (QED) is 0.918. The van der Waals surface area contributed by atoms with Gasteiger partial charge in [0, 0.05) is 36.6 Å². The second-order valence-electron chi connectivity index (χ2n) is 7.20. The molecule has 0 aromatic heterocycles. The molecule has 4 heteroatoms. The fraction of sp³-hybridized carbons (Fsp3) is 0.400. The van der Waals surface area contributed by atoms with Crippen LogP contribution in [-0.4, -0.2) is 12.2 Å². The van der Waals surface area contributed by atoms with Crippen LogP contribution in [0.15, 0.2) is 36.4 Å².